The summed E-state index contributed by atoms with van der Waals surface area (Å²) in [5.41, 5.74) is 1.29. The van der Waals surface area contributed by atoms with E-state index in [0.29, 0.717) is 5.92 Å². The Balaban J connectivity index is 2.02. The van der Waals surface area contributed by atoms with Crippen molar-refractivity contribution in [3.05, 3.63) is 39.9 Å². The summed E-state index contributed by atoms with van der Waals surface area (Å²) in [6.45, 7) is 0. The van der Waals surface area contributed by atoms with E-state index in [2.05, 4.69) is 0 Å². The van der Waals surface area contributed by atoms with Crippen LogP contribution in [0.3, 0.4) is 0 Å². The van der Waals surface area contributed by atoms with Gasteiger partial charge in [-0.25, -0.2) is 0 Å². The average Bonchev–Trinajstić information content (AvgIpc) is 2.65. The van der Waals surface area contributed by atoms with Crippen LogP contribution in [-0.4, -0.2) is 10.3 Å². The second kappa shape index (κ2) is 4.83. The molecule has 4 heteroatoms. The lowest BCUT2D eigenvalue weighted by atomic mass is 9.98. The minimum absolute atomic E-state index is 0.151. The molecular weight excluding hydrogens is 226 g/mol. The van der Waals surface area contributed by atoms with Crippen LogP contribution in [0.25, 0.3) is 0 Å². The Morgan fingerprint density at radius 3 is 2.50 bits per heavy atom. The second-order valence-electron chi connectivity index (χ2n) is 4.33. The van der Waals surface area contributed by atoms with Crippen molar-refractivity contribution in [3.8, 4) is 0 Å². The molecule has 0 heterocycles. The maximum Gasteiger partial charge on any atom is 0.269 e. The van der Waals surface area contributed by atoms with Crippen LogP contribution in [0.2, 0.25) is 0 Å². The van der Waals surface area contributed by atoms with Crippen molar-refractivity contribution in [2.45, 2.75) is 31.1 Å². The monoisotopic (exact) mass is 239 g/mol. The number of halogens is 1. The van der Waals surface area contributed by atoms with Crippen molar-refractivity contribution >= 4 is 17.3 Å². The van der Waals surface area contributed by atoms with Gasteiger partial charge in [0.15, 0.2) is 0 Å². The first-order valence-electron chi connectivity index (χ1n) is 5.54. The van der Waals surface area contributed by atoms with E-state index < -0.39 is 0 Å². The Morgan fingerprint density at radius 1 is 1.31 bits per heavy atom. The average molecular weight is 240 g/mol. The molecule has 0 radical (unpaired) electrons. The maximum atomic E-state index is 10.5. The maximum absolute atomic E-state index is 10.5. The van der Waals surface area contributed by atoms with E-state index in [9.17, 15) is 10.1 Å². The van der Waals surface area contributed by atoms with Crippen molar-refractivity contribution < 1.29 is 4.92 Å². The third-order valence-electron chi connectivity index (χ3n) is 3.21. The summed E-state index contributed by atoms with van der Waals surface area (Å²) in [4.78, 5) is 10.1. The van der Waals surface area contributed by atoms with Crippen LogP contribution < -0.4 is 0 Å². The van der Waals surface area contributed by atoms with E-state index in [0.717, 1.165) is 18.4 Å². The summed E-state index contributed by atoms with van der Waals surface area (Å²) in [7, 11) is 0. The zero-order chi connectivity index (χ0) is 11.5. The van der Waals surface area contributed by atoms with E-state index in [1.54, 1.807) is 12.1 Å². The number of benzene rings is 1. The molecule has 0 aliphatic heterocycles. The molecule has 0 bridgehead atoms. The number of nitro benzene ring substituents is 1. The Labute approximate surface area is 99.6 Å². The van der Waals surface area contributed by atoms with E-state index in [1.165, 1.54) is 12.8 Å². The van der Waals surface area contributed by atoms with Gasteiger partial charge >= 0.3 is 0 Å². The van der Waals surface area contributed by atoms with Crippen LogP contribution >= 0.6 is 11.6 Å². The van der Waals surface area contributed by atoms with Gasteiger partial charge in [-0.1, -0.05) is 18.6 Å². The lowest BCUT2D eigenvalue weighted by Gasteiger charge is -2.13. The summed E-state index contributed by atoms with van der Waals surface area (Å²) in [6.07, 6.45) is 4.41. The first-order chi connectivity index (χ1) is 7.66. The predicted molar refractivity (Wildman–Crippen MR) is 63.8 cm³/mol. The van der Waals surface area contributed by atoms with Gasteiger partial charge in [-0.3, -0.25) is 10.1 Å². The summed E-state index contributed by atoms with van der Waals surface area (Å²) < 4.78 is 0. The van der Waals surface area contributed by atoms with Crippen LogP contribution in [0.1, 0.15) is 24.8 Å². The number of rotatable bonds is 3. The molecule has 0 spiro atoms. The van der Waals surface area contributed by atoms with Gasteiger partial charge in [-0.15, -0.1) is 11.6 Å². The molecule has 3 nitrogen and oxygen atoms in total. The molecule has 1 aromatic carbocycles. The highest BCUT2D eigenvalue weighted by Gasteiger charge is 2.25. The fourth-order valence-corrected chi connectivity index (χ4v) is 2.65. The van der Waals surface area contributed by atoms with E-state index in [1.807, 2.05) is 12.1 Å². The molecule has 0 N–H and O–H groups in total. The van der Waals surface area contributed by atoms with Crippen LogP contribution in [0.15, 0.2) is 24.3 Å². The van der Waals surface area contributed by atoms with Crippen LogP contribution in [0.4, 0.5) is 5.69 Å². The van der Waals surface area contributed by atoms with Gasteiger partial charge in [0.1, 0.15) is 0 Å². The van der Waals surface area contributed by atoms with Gasteiger partial charge in [-0.05, 0) is 30.7 Å². The number of hydrogen-bond donors (Lipinski definition) is 0. The zero-order valence-electron chi connectivity index (χ0n) is 8.93. The topological polar surface area (TPSA) is 43.1 Å². The van der Waals surface area contributed by atoms with Gasteiger partial charge < -0.3 is 0 Å². The molecule has 1 saturated carbocycles. The molecule has 2 atom stereocenters. The Bertz CT molecular complexity index is 377. The van der Waals surface area contributed by atoms with E-state index in [-0.39, 0.29) is 16.0 Å². The molecular formula is C12H14ClNO2. The van der Waals surface area contributed by atoms with Crippen molar-refractivity contribution in [2.75, 3.05) is 0 Å². The van der Waals surface area contributed by atoms with E-state index in [4.69, 9.17) is 11.6 Å². The number of non-ortho nitro benzene ring substituents is 1. The summed E-state index contributed by atoms with van der Waals surface area (Å²) in [5, 5.41) is 10.8. The Hall–Kier alpha value is -1.09. The third kappa shape index (κ3) is 2.53. The Morgan fingerprint density at radius 2 is 2.00 bits per heavy atom. The molecule has 1 aliphatic carbocycles. The minimum Gasteiger partial charge on any atom is -0.258 e. The number of nitro groups is 1. The highest BCUT2D eigenvalue weighted by atomic mass is 35.5. The SMILES string of the molecule is O=[N+]([O-])c1ccc(CC2CCCC2Cl)cc1. The fraction of sp³-hybridized carbons (Fsp3) is 0.500. The van der Waals surface area contributed by atoms with Gasteiger partial charge in [0.2, 0.25) is 0 Å². The predicted octanol–water partition coefficient (Wildman–Crippen LogP) is 3.54. The number of alkyl halides is 1. The molecule has 0 saturated heterocycles. The molecule has 0 aromatic heterocycles. The lowest BCUT2D eigenvalue weighted by Crippen LogP contribution is -2.10. The number of hydrogen-bond acceptors (Lipinski definition) is 2. The first kappa shape index (κ1) is 11.4. The standard InChI is InChI=1S/C12H14ClNO2/c13-12-3-1-2-10(12)8-9-4-6-11(7-5-9)14(15)16/h4-7,10,12H,1-3,8H2. The first-order valence-corrected chi connectivity index (χ1v) is 5.98. The largest absolute Gasteiger partial charge is 0.269 e. The molecule has 1 aliphatic rings. The molecule has 1 fully saturated rings. The second-order valence-corrected chi connectivity index (χ2v) is 4.90. The highest BCUT2D eigenvalue weighted by Crippen LogP contribution is 2.32. The molecule has 0 amide bonds. The van der Waals surface area contributed by atoms with Crippen molar-refractivity contribution in [1.29, 1.82) is 0 Å². The molecule has 2 rings (SSSR count). The fourth-order valence-electron chi connectivity index (χ4n) is 2.28. The number of nitrogens with zero attached hydrogens (tertiary/aromatic N) is 1. The molecule has 86 valence electrons. The van der Waals surface area contributed by atoms with Crippen molar-refractivity contribution in [1.82, 2.24) is 0 Å². The third-order valence-corrected chi connectivity index (χ3v) is 3.79. The quantitative estimate of drug-likeness (QED) is 0.460. The van der Waals surface area contributed by atoms with Gasteiger partial charge in [0.05, 0.1) is 4.92 Å². The molecule has 16 heavy (non-hydrogen) atoms. The van der Waals surface area contributed by atoms with E-state index >= 15 is 0 Å². The van der Waals surface area contributed by atoms with Gasteiger partial charge in [-0.2, -0.15) is 0 Å². The van der Waals surface area contributed by atoms with Crippen molar-refractivity contribution in [3.63, 3.8) is 0 Å². The van der Waals surface area contributed by atoms with Gasteiger partial charge in [0.25, 0.3) is 5.69 Å². The Kier molecular flexibility index (Phi) is 3.44. The van der Waals surface area contributed by atoms with Crippen LogP contribution in [0.5, 0.6) is 0 Å². The lowest BCUT2D eigenvalue weighted by molar-refractivity contribution is -0.384. The minimum atomic E-state index is -0.371. The summed E-state index contributed by atoms with van der Waals surface area (Å²) in [6, 6.07) is 6.79. The molecule has 1 aromatic rings. The van der Waals surface area contributed by atoms with Crippen LogP contribution in [-0.2, 0) is 6.42 Å². The highest BCUT2D eigenvalue weighted by molar-refractivity contribution is 6.20. The van der Waals surface area contributed by atoms with Crippen molar-refractivity contribution in [2.24, 2.45) is 5.92 Å². The van der Waals surface area contributed by atoms with Gasteiger partial charge in [0, 0.05) is 17.5 Å². The summed E-state index contributed by atoms with van der Waals surface area (Å²) >= 11 is 6.20. The molecule has 2 unspecified atom stereocenters. The smallest absolute Gasteiger partial charge is 0.258 e. The summed E-state index contributed by atoms with van der Waals surface area (Å²) in [5.74, 6) is 0.531. The normalized spacial score (nSPS) is 24.6. The zero-order valence-corrected chi connectivity index (χ0v) is 9.69. The van der Waals surface area contributed by atoms with Crippen LogP contribution in [0, 0.1) is 16.0 Å².